The first-order valence-electron chi connectivity index (χ1n) is 6.04. The molecule has 4 N–H and O–H groups in total. The average molecular weight is 271 g/mol. The van der Waals surface area contributed by atoms with E-state index in [0.717, 1.165) is 12.8 Å². The number of hydrogen-bond acceptors (Lipinski definition) is 4. The number of rotatable bonds is 7. The highest BCUT2D eigenvalue weighted by molar-refractivity contribution is 7.89. The van der Waals surface area contributed by atoms with Crippen molar-refractivity contribution in [3.05, 3.63) is 24.3 Å². The van der Waals surface area contributed by atoms with Crippen LogP contribution in [0, 0.1) is 0 Å². The van der Waals surface area contributed by atoms with Crippen LogP contribution in [0.3, 0.4) is 0 Å². The molecule has 0 spiro atoms. The summed E-state index contributed by atoms with van der Waals surface area (Å²) >= 11 is 0. The lowest BCUT2D eigenvalue weighted by atomic mass is 10.1. The van der Waals surface area contributed by atoms with Crippen LogP contribution in [0.4, 0.5) is 5.69 Å². The monoisotopic (exact) mass is 271 g/mol. The molecule has 1 unspecified atom stereocenters. The zero-order valence-electron chi connectivity index (χ0n) is 10.8. The van der Waals surface area contributed by atoms with Crippen molar-refractivity contribution in [2.24, 2.45) is 5.73 Å². The van der Waals surface area contributed by atoms with Crippen molar-refractivity contribution in [3.8, 4) is 0 Å². The first kappa shape index (κ1) is 14.9. The summed E-state index contributed by atoms with van der Waals surface area (Å²) in [5.74, 6) is 0. The number of nitrogens with one attached hydrogen (secondary N) is 2. The largest absolute Gasteiger partial charge is 0.380 e. The second kappa shape index (κ2) is 6.72. The van der Waals surface area contributed by atoms with E-state index in [0.29, 0.717) is 12.2 Å². The highest BCUT2D eigenvalue weighted by Gasteiger charge is 2.17. The van der Waals surface area contributed by atoms with E-state index in [9.17, 15) is 8.42 Å². The molecule has 1 atom stereocenters. The Morgan fingerprint density at radius 2 is 2.00 bits per heavy atom. The zero-order chi connectivity index (χ0) is 13.6. The molecule has 1 aromatic rings. The van der Waals surface area contributed by atoms with Gasteiger partial charge in [0.15, 0.2) is 0 Å². The van der Waals surface area contributed by atoms with E-state index < -0.39 is 10.0 Å². The van der Waals surface area contributed by atoms with Crippen LogP contribution in [0.5, 0.6) is 0 Å². The number of anilines is 1. The third kappa shape index (κ3) is 3.69. The minimum absolute atomic E-state index is 0.0863. The minimum Gasteiger partial charge on any atom is -0.380 e. The van der Waals surface area contributed by atoms with Crippen molar-refractivity contribution in [2.75, 3.05) is 18.9 Å². The lowest BCUT2D eigenvalue weighted by molar-refractivity contribution is 0.587. The molecule has 0 aliphatic carbocycles. The van der Waals surface area contributed by atoms with Crippen molar-refractivity contribution in [1.29, 1.82) is 0 Å². The van der Waals surface area contributed by atoms with Crippen LogP contribution >= 0.6 is 0 Å². The maximum atomic E-state index is 11.9. The Labute approximate surface area is 109 Å². The predicted octanol–water partition coefficient (Wildman–Crippen LogP) is 1.13. The average Bonchev–Trinajstić information content (AvgIpc) is 2.38. The van der Waals surface area contributed by atoms with Crippen molar-refractivity contribution < 1.29 is 8.42 Å². The van der Waals surface area contributed by atoms with Crippen molar-refractivity contribution in [1.82, 2.24) is 4.72 Å². The molecule has 0 saturated heterocycles. The molecule has 18 heavy (non-hydrogen) atoms. The van der Waals surface area contributed by atoms with E-state index in [2.05, 4.69) is 17.0 Å². The SMILES string of the molecule is CCCC(CN)Nc1ccccc1S(=O)(=O)NC. The topological polar surface area (TPSA) is 84.2 Å². The van der Waals surface area contributed by atoms with Gasteiger partial charge in [-0.05, 0) is 25.6 Å². The Hall–Kier alpha value is -1.11. The first-order chi connectivity index (χ1) is 8.55. The van der Waals surface area contributed by atoms with Gasteiger partial charge in [0.05, 0.1) is 5.69 Å². The van der Waals surface area contributed by atoms with E-state index in [1.54, 1.807) is 24.3 Å². The van der Waals surface area contributed by atoms with E-state index in [4.69, 9.17) is 5.73 Å². The first-order valence-corrected chi connectivity index (χ1v) is 7.52. The molecule has 0 aromatic heterocycles. The highest BCUT2D eigenvalue weighted by atomic mass is 32.2. The van der Waals surface area contributed by atoms with Gasteiger partial charge in [-0.15, -0.1) is 0 Å². The summed E-state index contributed by atoms with van der Waals surface area (Å²) in [7, 11) is -2.05. The van der Waals surface area contributed by atoms with Crippen LogP contribution in [-0.4, -0.2) is 28.1 Å². The summed E-state index contributed by atoms with van der Waals surface area (Å²) in [5.41, 5.74) is 6.26. The van der Waals surface area contributed by atoms with E-state index in [1.807, 2.05) is 0 Å². The molecule has 0 bridgehead atoms. The van der Waals surface area contributed by atoms with E-state index >= 15 is 0 Å². The van der Waals surface area contributed by atoms with Gasteiger partial charge in [0.1, 0.15) is 4.90 Å². The Balaban J connectivity index is 3.03. The fourth-order valence-corrected chi connectivity index (χ4v) is 2.64. The van der Waals surface area contributed by atoms with Gasteiger partial charge >= 0.3 is 0 Å². The smallest absolute Gasteiger partial charge is 0.242 e. The molecule has 0 saturated carbocycles. The van der Waals surface area contributed by atoms with Gasteiger partial charge in [-0.1, -0.05) is 25.5 Å². The normalized spacial score (nSPS) is 13.3. The maximum absolute atomic E-state index is 11.9. The van der Waals surface area contributed by atoms with Gasteiger partial charge in [-0.25, -0.2) is 13.1 Å². The van der Waals surface area contributed by atoms with Gasteiger partial charge in [-0.2, -0.15) is 0 Å². The standard InChI is InChI=1S/C12H21N3O2S/c1-3-6-10(9-13)15-11-7-4-5-8-12(11)18(16,17)14-2/h4-5,7-8,10,14-15H,3,6,9,13H2,1-2H3. The Morgan fingerprint density at radius 1 is 1.33 bits per heavy atom. The summed E-state index contributed by atoms with van der Waals surface area (Å²) in [6, 6.07) is 6.92. The molecule has 5 nitrogen and oxygen atoms in total. The Kier molecular flexibility index (Phi) is 5.58. The lowest BCUT2D eigenvalue weighted by Crippen LogP contribution is -2.30. The third-order valence-corrected chi connectivity index (χ3v) is 4.20. The molecule has 6 heteroatoms. The molecule has 0 aliphatic heterocycles. The fraction of sp³-hybridized carbons (Fsp3) is 0.500. The maximum Gasteiger partial charge on any atom is 0.242 e. The van der Waals surface area contributed by atoms with E-state index in [-0.39, 0.29) is 10.9 Å². The highest BCUT2D eigenvalue weighted by Crippen LogP contribution is 2.21. The zero-order valence-corrected chi connectivity index (χ0v) is 11.6. The van der Waals surface area contributed by atoms with Crippen LogP contribution in [0.2, 0.25) is 0 Å². The summed E-state index contributed by atoms with van der Waals surface area (Å²) in [5, 5.41) is 3.19. The van der Waals surface area contributed by atoms with Crippen LogP contribution in [0.25, 0.3) is 0 Å². The molecule has 0 heterocycles. The summed E-state index contributed by atoms with van der Waals surface area (Å²) in [6.45, 7) is 2.54. The van der Waals surface area contributed by atoms with Gasteiger partial charge in [0, 0.05) is 12.6 Å². The second-order valence-corrected chi connectivity index (χ2v) is 5.92. The molecule has 0 aliphatic rings. The van der Waals surface area contributed by atoms with Gasteiger partial charge in [0.25, 0.3) is 0 Å². The Morgan fingerprint density at radius 3 is 2.56 bits per heavy atom. The molecular formula is C12H21N3O2S. The Bertz CT molecular complexity index is 474. The number of sulfonamides is 1. The van der Waals surface area contributed by atoms with Crippen LogP contribution in [0.1, 0.15) is 19.8 Å². The second-order valence-electron chi connectivity index (χ2n) is 4.07. The summed E-state index contributed by atoms with van der Waals surface area (Å²) < 4.78 is 26.1. The minimum atomic E-state index is -3.45. The third-order valence-electron chi connectivity index (χ3n) is 2.73. The number of nitrogens with two attached hydrogens (primary N) is 1. The molecule has 1 aromatic carbocycles. The molecule has 102 valence electrons. The van der Waals surface area contributed by atoms with Crippen molar-refractivity contribution in [3.63, 3.8) is 0 Å². The van der Waals surface area contributed by atoms with Crippen LogP contribution in [0.15, 0.2) is 29.2 Å². The molecule has 0 radical (unpaired) electrons. The van der Waals surface area contributed by atoms with Gasteiger partial charge < -0.3 is 11.1 Å². The van der Waals surface area contributed by atoms with Crippen LogP contribution < -0.4 is 15.8 Å². The van der Waals surface area contributed by atoms with E-state index in [1.165, 1.54) is 7.05 Å². The summed E-state index contributed by atoms with van der Waals surface area (Å²) in [4.78, 5) is 0.252. The van der Waals surface area contributed by atoms with Gasteiger partial charge in [0.2, 0.25) is 10.0 Å². The predicted molar refractivity (Wildman–Crippen MR) is 74.1 cm³/mol. The number of benzene rings is 1. The van der Waals surface area contributed by atoms with Crippen molar-refractivity contribution >= 4 is 15.7 Å². The molecule has 1 rings (SSSR count). The van der Waals surface area contributed by atoms with Gasteiger partial charge in [-0.3, -0.25) is 0 Å². The molecular weight excluding hydrogens is 250 g/mol. The van der Waals surface area contributed by atoms with Crippen molar-refractivity contribution in [2.45, 2.75) is 30.7 Å². The summed E-state index contributed by atoms with van der Waals surface area (Å²) in [6.07, 6.45) is 1.90. The number of hydrogen-bond donors (Lipinski definition) is 3. The number of para-hydroxylation sites is 1. The molecule has 0 amide bonds. The lowest BCUT2D eigenvalue weighted by Gasteiger charge is -2.19. The van der Waals surface area contributed by atoms with Crippen LogP contribution in [-0.2, 0) is 10.0 Å². The molecule has 0 fully saturated rings. The quantitative estimate of drug-likeness (QED) is 0.694. The fourth-order valence-electron chi connectivity index (χ4n) is 1.75.